The number of carbonyl (C=O) groups is 1. The maximum atomic E-state index is 11.7. The van der Waals surface area contributed by atoms with Gasteiger partial charge in [0.05, 0.1) is 13.1 Å². The highest BCUT2D eigenvalue weighted by Gasteiger charge is 2.02. The molecule has 2 aromatic carbocycles. The van der Waals surface area contributed by atoms with Gasteiger partial charge in [-0.3, -0.25) is 4.79 Å². The molecule has 0 bridgehead atoms. The molecule has 1 amide bonds. The number of rotatable bonds is 7. The van der Waals surface area contributed by atoms with Gasteiger partial charge in [0.2, 0.25) is 5.91 Å². The Kier molecular flexibility index (Phi) is 6.37. The number of benzene rings is 2. The Morgan fingerprint density at radius 3 is 2.41 bits per heavy atom. The van der Waals surface area contributed by atoms with Crippen LogP contribution in [0.4, 0.5) is 5.69 Å². The lowest BCUT2D eigenvalue weighted by Crippen LogP contribution is -2.33. The fourth-order valence-corrected chi connectivity index (χ4v) is 2.30. The van der Waals surface area contributed by atoms with Crippen molar-refractivity contribution in [2.24, 2.45) is 0 Å². The zero-order valence-corrected chi connectivity index (χ0v) is 13.3. The maximum Gasteiger partial charge on any atom is 0.239 e. The van der Waals surface area contributed by atoms with Crippen LogP contribution >= 0.6 is 23.2 Å². The van der Waals surface area contributed by atoms with Crippen LogP contribution in [-0.2, 0) is 4.79 Å². The zero-order chi connectivity index (χ0) is 15.8. The Hall–Kier alpha value is -1.91. The van der Waals surface area contributed by atoms with Gasteiger partial charge in [-0.1, -0.05) is 41.4 Å². The first-order valence-electron chi connectivity index (χ1n) is 6.78. The molecule has 2 rings (SSSR count). The van der Waals surface area contributed by atoms with E-state index in [-0.39, 0.29) is 12.5 Å². The Balaban J connectivity index is 1.65. The molecular formula is C16H16Cl2N2O2. The van der Waals surface area contributed by atoms with Crippen LogP contribution in [0.1, 0.15) is 0 Å². The second-order valence-corrected chi connectivity index (χ2v) is 5.40. The van der Waals surface area contributed by atoms with Crippen LogP contribution in [0.15, 0.2) is 48.5 Å². The lowest BCUT2D eigenvalue weighted by atomic mass is 10.3. The number of nitrogens with one attached hydrogen (secondary N) is 2. The van der Waals surface area contributed by atoms with Gasteiger partial charge in [-0.15, -0.1) is 0 Å². The van der Waals surface area contributed by atoms with E-state index in [1.807, 2.05) is 30.3 Å². The first kappa shape index (κ1) is 16.5. The van der Waals surface area contributed by atoms with Gasteiger partial charge in [-0.05, 0) is 30.3 Å². The molecule has 0 heterocycles. The second-order valence-electron chi connectivity index (χ2n) is 4.52. The summed E-state index contributed by atoms with van der Waals surface area (Å²) in [4.78, 5) is 11.7. The van der Waals surface area contributed by atoms with Crippen LogP contribution in [0.3, 0.4) is 0 Å². The van der Waals surface area contributed by atoms with E-state index in [0.29, 0.717) is 28.9 Å². The number of halogens is 2. The molecule has 0 fully saturated rings. The Morgan fingerprint density at radius 2 is 1.73 bits per heavy atom. The molecule has 0 aliphatic heterocycles. The quantitative estimate of drug-likeness (QED) is 0.758. The molecule has 4 nitrogen and oxygen atoms in total. The van der Waals surface area contributed by atoms with E-state index in [1.165, 1.54) is 0 Å². The molecule has 0 saturated heterocycles. The summed E-state index contributed by atoms with van der Waals surface area (Å²) < 4.78 is 5.48. The molecule has 22 heavy (non-hydrogen) atoms. The van der Waals surface area contributed by atoms with Gasteiger partial charge in [0.25, 0.3) is 0 Å². The van der Waals surface area contributed by atoms with E-state index >= 15 is 0 Å². The largest absolute Gasteiger partial charge is 0.492 e. The number of para-hydroxylation sites is 1. The maximum absolute atomic E-state index is 11.7. The van der Waals surface area contributed by atoms with E-state index < -0.39 is 0 Å². The number of anilines is 1. The van der Waals surface area contributed by atoms with Crippen molar-refractivity contribution in [1.29, 1.82) is 0 Å². The van der Waals surface area contributed by atoms with E-state index in [9.17, 15) is 4.79 Å². The van der Waals surface area contributed by atoms with Crippen molar-refractivity contribution < 1.29 is 9.53 Å². The van der Waals surface area contributed by atoms with Crippen LogP contribution in [0, 0.1) is 0 Å². The van der Waals surface area contributed by atoms with Crippen molar-refractivity contribution in [1.82, 2.24) is 5.32 Å². The molecular weight excluding hydrogens is 323 g/mol. The number of ether oxygens (including phenoxy) is 1. The molecule has 0 radical (unpaired) electrons. The lowest BCUT2D eigenvalue weighted by molar-refractivity contribution is -0.119. The SMILES string of the molecule is O=C(CNc1cc(Cl)cc(Cl)c1)NCCOc1ccccc1. The standard InChI is InChI=1S/C16H16Cl2N2O2/c17-12-8-13(18)10-14(9-12)20-11-16(21)19-6-7-22-15-4-2-1-3-5-15/h1-5,8-10,20H,6-7,11H2,(H,19,21). The number of hydrogen-bond acceptors (Lipinski definition) is 3. The van der Waals surface area contributed by atoms with E-state index in [4.69, 9.17) is 27.9 Å². The van der Waals surface area contributed by atoms with Gasteiger partial charge in [-0.25, -0.2) is 0 Å². The number of carbonyl (C=O) groups excluding carboxylic acids is 1. The predicted octanol–water partition coefficient (Wildman–Crippen LogP) is 3.60. The van der Waals surface area contributed by atoms with Crippen LogP contribution in [0.2, 0.25) is 10.0 Å². The highest BCUT2D eigenvalue weighted by Crippen LogP contribution is 2.22. The van der Waals surface area contributed by atoms with Crippen molar-refractivity contribution in [3.8, 4) is 5.75 Å². The minimum atomic E-state index is -0.132. The van der Waals surface area contributed by atoms with Crippen LogP contribution in [0.5, 0.6) is 5.75 Å². The van der Waals surface area contributed by atoms with Gasteiger partial charge in [0, 0.05) is 15.7 Å². The fraction of sp³-hybridized carbons (Fsp3) is 0.188. The third-order valence-electron chi connectivity index (χ3n) is 2.75. The van der Waals surface area contributed by atoms with Gasteiger partial charge in [0.1, 0.15) is 12.4 Å². The van der Waals surface area contributed by atoms with Gasteiger partial charge >= 0.3 is 0 Å². The normalized spacial score (nSPS) is 10.1. The monoisotopic (exact) mass is 338 g/mol. The van der Waals surface area contributed by atoms with Gasteiger partial charge in [-0.2, -0.15) is 0 Å². The summed E-state index contributed by atoms with van der Waals surface area (Å²) in [5.74, 6) is 0.649. The van der Waals surface area contributed by atoms with Crippen molar-refractivity contribution in [3.63, 3.8) is 0 Å². The van der Waals surface area contributed by atoms with Crippen LogP contribution in [-0.4, -0.2) is 25.6 Å². The average Bonchev–Trinajstić information content (AvgIpc) is 2.50. The first-order chi connectivity index (χ1) is 10.6. The smallest absolute Gasteiger partial charge is 0.239 e. The van der Waals surface area contributed by atoms with Crippen molar-refractivity contribution in [3.05, 3.63) is 58.6 Å². The van der Waals surface area contributed by atoms with Gasteiger partial charge in [0.15, 0.2) is 0 Å². The van der Waals surface area contributed by atoms with E-state index in [0.717, 1.165) is 5.75 Å². The van der Waals surface area contributed by atoms with Crippen molar-refractivity contribution >= 4 is 34.8 Å². The topological polar surface area (TPSA) is 50.4 Å². The molecule has 0 aromatic heterocycles. The number of amides is 1. The molecule has 0 spiro atoms. The third-order valence-corrected chi connectivity index (χ3v) is 3.19. The minimum Gasteiger partial charge on any atom is -0.492 e. The first-order valence-corrected chi connectivity index (χ1v) is 7.53. The highest BCUT2D eigenvalue weighted by atomic mass is 35.5. The van der Waals surface area contributed by atoms with E-state index in [1.54, 1.807) is 18.2 Å². The van der Waals surface area contributed by atoms with Crippen molar-refractivity contribution in [2.75, 3.05) is 25.0 Å². The molecule has 6 heteroatoms. The van der Waals surface area contributed by atoms with Crippen LogP contribution in [0.25, 0.3) is 0 Å². The Labute approximate surface area is 139 Å². The summed E-state index contributed by atoms with van der Waals surface area (Å²) in [7, 11) is 0. The molecule has 0 saturated carbocycles. The molecule has 2 aromatic rings. The summed E-state index contributed by atoms with van der Waals surface area (Å²) in [6, 6.07) is 14.5. The molecule has 116 valence electrons. The summed E-state index contributed by atoms with van der Waals surface area (Å²) in [5, 5.41) is 6.76. The number of hydrogen-bond donors (Lipinski definition) is 2. The highest BCUT2D eigenvalue weighted by molar-refractivity contribution is 6.35. The average molecular weight is 339 g/mol. The summed E-state index contributed by atoms with van der Waals surface area (Å²) in [6.45, 7) is 0.993. The van der Waals surface area contributed by atoms with Crippen LogP contribution < -0.4 is 15.4 Å². The molecule has 0 atom stereocenters. The lowest BCUT2D eigenvalue weighted by Gasteiger charge is -2.09. The predicted molar refractivity (Wildman–Crippen MR) is 89.9 cm³/mol. The Bertz CT molecular complexity index is 601. The Morgan fingerprint density at radius 1 is 1.05 bits per heavy atom. The molecule has 0 aliphatic carbocycles. The summed E-state index contributed by atoms with van der Waals surface area (Å²) in [6.07, 6.45) is 0. The minimum absolute atomic E-state index is 0.132. The third kappa shape index (κ3) is 5.84. The summed E-state index contributed by atoms with van der Waals surface area (Å²) in [5.41, 5.74) is 0.702. The molecule has 0 aliphatic rings. The second kappa shape index (κ2) is 8.51. The molecule has 2 N–H and O–H groups in total. The van der Waals surface area contributed by atoms with Gasteiger partial charge < -0.3 is 15.4 Å². The van der Waals surface area contributed by atoms with Crippen molar-refractivity contribution in [2.45, 2.75) is 0 Å². The molecule has 0 unspecified atom stereocenters. The zero-order valence-electron chi connectivity index (χ0n) is 11.8. The van der Waals surface area contributed by atoms with E-state index in [2.05, 4.69) is 10.6 Å². The summed E-state index contributed by atoms with van der Waals surface area (Å²) >= 11 is 11.8. The fourth-order valence-electron chi connectivity index (χ4n) is 1.78.